The molecular weight excluding hydrogens is 290 g/mol. The van der Waals surface area contributed by atoms with E-state index in [1.54, 1.807) is 4.68 Å². The topological polar surface area (TPSA) is 56.1 Å². The molecule has 2 heterocycles. The number of aryl methyl sites for hydroxylation is 1. The van der Waals surface area contributed by atoms with Gasteiger partial charge in [-0.05, 0) is 24.3 Å². The minimum Gasteiger partial charge on any atom is -0.371 e. The molecule has 23 heavy (non-hydrogen) atoms. The van der Waals surface area contributed by atoms with Crippen molar-refractivity contribution >= 4 is 5.91 Å². The van der Waals surface area contributed by atoms with E-state index in [0.717, 1.165) is 18.4 Å². The fourth-order valence-corrected chi connectivity index (χ4v) is 3.50. The SMILES string of the molecule is Cn1cc([C@H]2OCC[C@@H]2NC(=O)[C@@H]2C[C@H]2c2ccccc2)cn1. The van der Waals surface area contributed by atoms with Crippen molar-refractivity contribution in [3.63, 3.8) is 0 Å². The highest BCUT2D eigenvalue weighted by Crippen LogP contribution is 2.47. The highest BCUT2D eigenvalue weighted by molar-refractivity contribution is 5.83. The summed E-state index contributed by atoms with van der Waals surface area (Å²) < 4.78 is 7.58. The van der Waals surface area contributed by atoms with Gasteiger partial charge in [0, 0.05) is 31.3 Å². The van der Waals surface area contributed by atoms with Crippen molar-refractivity contribution in [2.45, 2.75) is 30.9 Å². The van der Waals surface area contributed by atoms with Gasteiger partial charge in [-0.2, -0.15) is 5.10 Å². The average Bonchev–Trinajstić information content (AvgIpc) is 3.06. The summed E-state index contributed by atoms with van der Waals surface area (Å²) in [5.41, 5.74) is 2.30. The molecule has 2 aromatic rings. The van der Waals surface area contributed by atoms with E-state index in [1.807, 2.05) is 37.6 Å². The molecule has 0 spiro atoms. The maximum Gasteiger partial charge on any atom is 0.224 e. The highest BCUT2D eigenvalue weighted by Gasteiger charge is 2.45. The second-order valence-electron chi connectivity index (χ2n) is 6.50. The number of benzene rings is 1. The number of hydrogen-bond donors (Lipinski definition) is 1. The summed E-state index contributed by atoms with van der Waals surface area (Å²) in [6.45, 7) is 0.678. The van der Waals surface area contributed by atoms with Crippen LogP contribution in [-0.2, 0) is 16.6 Å². The van der Waals surface area contributed by atoms with Gasteiger partial charge in [-0.1, -0.05) is 30.3 Å². The number of aromatic nitrogens is 2. The molecule has 1 saturated carbocycles. The Morgan fingerprint density at radius 1 is 1.30 bits per heavy atom. The predicted molar refractivity (Wildman–Crippen MR) is 85.7 cm³/mol. The zero-order valence-corrected chi connectivity index (χ0v) is 13.2. The van der Waals surface area contributed by atoms with E-state index < -0.39 is 0 Å². The molecule has 5 nitrogen and oxygen atoms in total. The van der Waals surface area contributed by atoms with E-state index in [4.69, 9.17) is 4.74 Å². The summed E-state index contributed by atoms with van der Waals surface area (Å²) in [4.78, 5) is 12.5. The number of nitrogens with zero attached hydrogens (tertiary/aromatic N) is 2. The van der Waals surface area contributed by atoms with Gasteiger partial charge in [-0.25, -0.2) is 0 Å². The third-order valence-electron chi connectivity index (χ3n) is 4.83. The van der Waals surface area contributed by atoms with E-state index in [1.165, 1.54) is 5.56 Å². The van der Waals surface area contributed by atoms with Gasteiger partial charge in [-0.3, -0.25) is 9.48 Å². The zero-order chi connectivity index (χ0) is 15.8. The van der Waals surface area contributed by atoms with Crippen LogP contribution in [0.25, 0.3) is 0 Å². The van der Waals surface area contributed by atoms with Gasteiger partial charge < -0.3 is 10.1 Å². The molecule has 1 aromatic heterocycles. The lowest BCUT2D eigenvalue weighted by Crippen LogP contribution is -2.37. The van der Waals surface area contributed by atoms with E-state index in [-0.39, 0.29) is 24.0 Å². The van der Waals surface area contributed by atoms with Crippen LogP contribution in [0, 0.1) is 5.92 Å². The Labute approximate surface area is 135 Å². The van der Waals surface area contributed by atoms with Gasteiger partial charge in [0.15, 0.2) is 0 Å². The smallest absolute Gasteiger partial charge is 0.224 e. The second kappa shape index (κ2) is 5.81. The molecule has 4 rings (SSSR count). The van der Waals surface area contributed by atoms with E-state index in [0.29, 0.717) is 12.5 Å². The van der Waals surface area contributed by atoms with Crippen LogP contribution in [0.1, 0.15) is 36.0 Å². The number of hydrogen-bond acceptors (Lipinski definition) is 3. The fraction of sp³-hybridized carbons (Fsp3) is 0.444. The molecule has 0 radical (unpaired) electrons. The Hall–Kier alpha value is -2.14. The van der Waals surface area contributed by atoms with Gasteiger partial charge in [0.05, 0.1) is 12.2 Å². The van der Waals surface area contributed by atoms with Crippen molar-refractivity contribution in [3.8, 4) is 0 Å². The molecule has 1 amide bonds. The third kappa shape index (κ3) is 2.88. The quantitative estimate of drug-likeness (QED) is 0.941. The van der Waals surface area contributed by atoms with Crippen LogP contribution in [0.4, 0.5) is 0 Å². The molecule has 1 saturated heterocycles. The number of amides is 1. The first-order chi connectivity index (χ1) is 11.2. The molecule has 4 atom stereocenters. The number of rotatable bonds is 4. The van der Waals surface area contributed by atoms with Crippen LogP contribution >= 0.6 is 0 Å². The molecule has 1 aromatic carbocycles. The molecule has 1 aliphatic heterocycles. The van der Waals surface area contributed by atoms with Crippen molar-refractivity contribution in [2.24, 2.45) is 13.0 Å². The lowest BCUT2D eigenvalue weighted by Gasteiger charge is -2.19. The molecule has 0 bridgehead atoms. The van der Waals surface area contributed by atoms with Crippen molar-refractivity contribution in [1.82, 2.24) is 15.1 Å². The molecule has 1 N–H and O–H groups in total. The van der Waals surface area contributed by atoms with Gasteiger partial charge >= 0.3 is 0 Å². The van der Waals surface area contributed by atoms with E-state index in [2.05, 4.69) is 22.5 Å². The maximum atomic E-state index is 12.5. The number of carbonyl (C=O) groups is 1. The van der Waals surface area contributed by atoms with E-state index >= 15 is 0 Å². The van der Waals surface area contributed by atoms with E-state index in [9.17, 15) is 4.79 Å². The molecule has 5 heteroatoms. The fourth-order valence-electron chi connectivity index (χ4n) is 3.50. The minimum absolute atomic E-state index is 0.0451. The van der Waals surface area contributed by atoms with Crippen LogP contribution in [0.2, 0.25) is 0 Å². The summed E-state index contributed by atoms with van der Waals surface area (Å²) in [6.07, 6.45) is 5.49. The number of ether oxygens (including phenoxy) is 1. The van der Waals surface area contributed by atoms with Crippen LogP contribution in [0.15, 0.2) is 42.7 Å². The molecule has 0 unspecified atom stereocenters. The molecule has 120 valence electrons. The summed E-state index contributed by atoms with van der Waals surface area (Å²) in [5.74, 6) is 0.631. The summed E-state index contributed by atoms with van der Waals surface area (Å²) in [6, 6.07) is 10.3. The first-order valence-electron chi connectivity index (χ1n) is 8.18. The largest absolute Gasteiger partial charge is 0.371 e. The zero-order valence-electron chi connectivity index (χ0n) is 13.2. The first kappa shape index (κ1) is 14.5. The van der Waals surface area contributed by atoms with Crippen LogP contribution in [0.5, 0.6) is 0 Å². The Morgan fingerprint density at radius 3 is 2.87 bits per heavy atom. The van der Waals surface area contributed by atoms with Crippen LogP contribution < -0.4 is 5.32 Å². The van der Waals surface area contributed by atoms with Crippen LogP contribution in [-0.4, -0.2) is 28.3 Å². The number of nitrogens with one attached hydrogen (secondary N) is 1. The van der Waals surface area contributed by atoms with Gasteiger partial charge in [0.2, 0.25) is 5.91 Å². The molecular formula is C18H21N3O2. The first-order valence-corrected chi connectivity index (χ1v) is 8.18. The van der Waals surface area contributed by atoms with Crippen molar-refractivity contribution in [1.29, 1.82) is 0 Å². The van der Waals surface area contributed by atoms with Crippen LogP contribution in [0.3, 0.4) is 0 Å². The highest BCUT2D eigenvalue weighted by atomic mass is 16.5. The van der Waals surface area contributed by atoms with Gasteiger partial charge in [-0.15, -0.1) is 0 Å². The molecule has 1 aliphatic carbocycles. The minimum atomic E-state index is -0.0819. The summed E-state index contributed by atoms with van der Waals surface area (Å²) in [5, 5.41) is 7.40. The second-order valence-corrected chi connectivity index (χ2v) is 6.50. The third-order valence-corrected chi connectivity index (χ3v) is 4.83. The average molecular weight is 311 g/mol. The monoisotopic (exact) mass is 311 g/mol. The lowest BCUT2D eigenvalue weighted by atomic mass is 10.0. The lowest BCUT2D eigenvalue weighted by molar-refractivity contribution is -0.123. The Balaban J connectivity index is 1.39. The summed E-state index contributed by atoms with van der Waals surface area (Å²) in [7, 11) is 1.89. The molecule has 2 fully saturated rings. The van der Waals surface area contributed by atoms with Gasteiger partial charge in [0.1, 0.15) is 6.10 Å². The number of carbonyl (C=O) groups excluding carboxylic acids is 1. The van der Waals surface area contributed by atoms with Crippen molar-refractivity contribution in [3.05, 3.63) is 53.9 Å². The predicted octanol–water partition coefficient (Wildman–Crippen LogP) is 2.17. The van der Waals surface area contributed by atoms with Gasteiger partial charge in [0.25, 0.3) is 0 Å². The molecule has 2 aliphatic rings. The Kier molecular flexibility index (Phi) is 3.65. The normalized spacial score (nSPS) is 29.4. The Morgan fingerprint density at radius 2 is 2.13 bits per heavy atom. The standard InChI is InChI=1S/C18H21N3O2/c1-21-11-13(10-19-21)17-16(7-8-23-17)20-18(22)15-9-14(15)12-5-3-2-4-6-12/h2-6,10-11,14-17H,7-9H2,1H3,(H,20,22)/t14-,15+,16-,17+/m0/s1. The summed E-state index contributed by atoms with van der Waals surface area (Å²) >= 11 is 0. The maximum absolute atomic E-state index is 12.5. The Bertz CT molecular complexity index is 697. The van der Waals surface area contributed by atoms with Crippen molar-refractivity contribution in [2.75, 3.05) is 6.61 Å². The van der Waals surface area contributed by atoms with Crippen molar-refractivity contribution < 1.29 is 9.53 Å².